The van der Waals surface area contributed by atoms with Gasteiger partial charge in [-0.15, -0.1) is 0 Å². The molecule has 0 radical (unpaired) electrons. The van der Waals surface area contributed by atoms with Crippen molar-refractivity contribution in [2.75, 3.05) is 13.1 Å². The first-order valence-corrected chi connectivity index (χ1v) is 8.27. The maximum absolute atomic E-state index is 14.3. The molecule has 1 aromatic carbocycles. The number of benzene rings is 1. The second kappa shape index (κ2) is 6.71. The van der Waals surface area contributed by atoms with E-state index < -0.39 is 23.3 Å². The molecule has 2 nitrogen and oxygen atoms in total. The van der Waals surface area contributed by atoms with E-state index >= 15 is 0 Å². The Hall–Kier alpha value is -0.520. The molecule has 0 spiro atoms. The molecule has 1 fully saturated rings. The third-order valence-corrected chi connectivity index (χ3v) is 5.35. The topological polar surface area (TPSA) is 23.5 Å². The third-order valence-electron chi connectivity index (χ3n) is 4.74. The molecular weight excluding hydrogens is 340 g/mol. The molecule has 0 aromatic heterocycles. The minimum absolute atomic E-state index is 0.176. The van der Waals surface area contributed by atoms with E-state index in [1.54, 1.807) is 0 Å². The number of likely N-dealkylation sites (tertiary alicyclic amines) is 1. The minimum Gasteiger partial charge on any atom is -0.386 e. The first-order valence-electron chi connectivity index (χ1n) is 7.48. The van der Waals surface area contributed by atoms with Crippen molar-refractivity contribution in [3.05, 3.63) is 33.8 Å². The fourth-order valence-corrected chi connectivity index (χ4v) is 3.44. The van der Waals surface area contributed by atoms with Crippen LogP contribution in [0.4, 0.5) is 8.78 Å². The van der Waals surface area contributed by atoms with Gasteiger partial charge in [0.25, 0.3) is 0 Å². The fraction of sp³-hybridized carbons (Fsp3) is 0.625. The molecule has 0 saturated carbocycles. The number of hydrogen-bond acceptors (Lipinski definition) is 2. The summed E-state index contributed by atoms with van der Waals surface area (Å²) in [5, 5.41) is 10.7. The van der Waals surface area contributed by atoms with Crippen molar-refractivity contribution in [2.24, 2.45) is 0 Å². The Kier molecular flexibility index (Phi) is 5.38. The molecule has 1 aliphatic heterocycles. The molecule has 1 saturated heterocycles. The average Bonchev–Trinajstić information content (AvgIpc) is 2.51. The number of rotatable bonds is 4. The van der Waals surface area contributed by atoms with Crippen LogP contribution < -0.4 is 0 Å². The smallest absolute Gasteiger partial charge is 0.146 e. The standard InChI is InChI=1S/C16H22BrF2NO/c1-3-16(2,20-9-5-4-6-10-20)15(21)13-12(18)8-7-11(17)14(13)19/h7-8,15,21H,3-6,9-10H2,1-2H3. The number of nitrogens with zero attached hydrogens (tertiary/aromatic N) is 1. The van der Waals surface area contributed by atoms with E-state index in [0.29, 0.717) is 6.42 Å². The summed E-state index contributed by atoms with van der Waals surface area (Å²) in [4.78, 5) is 2.17. The number of aliphatic hydroxyl groups is 1. The van der Waals surface area contributed by atoms with Crippen molar-refractivity contribution in [2.45, 2.75) is 51.2 Å². The van der Waals surface area contributed by atoms with Gasteiger partial charge < -0.3 is 5.11 Å². The Labute approximate surface area is 133 Å². The summed E-state index contributed by atoms with van der Waals surface area (Å²) in [6.07, 6.45) is 2.72. The van der Waals surface area contributed by atoms with Gasteiger partial charge in [0.15, 0.2) is 0 Å². The van der Waals surface area contributed by atoms with E-state index in [1.807, 2.05) is 13.8 Å². The minimum atomic E-state index is -1.20. The summed E-state index contributed by atoms with van der Waals surface area (Å²) in [6, 6.07) is 2.52. The van der Waals surface area contributed by atoms with Gasteiger partial charge in [0.1, 0.15) is 17.7 Å². The van der Waals surface area contributed by atoms with Gasteiger partial charge in [-0.1, -0.05) is 13.3 Å². The Morgan fingerprint density at radius 1 is 1.29 bits per heavy atom. The summed E-state index contributed by atoms with van der Waals surface area (Å²) < 4.78 is 28.5. The SMILES string of the molecule is CCC(C)(C(O)c1c(F)ccc(Br)c1F)N1CCCCC1. The van der Waals surface area contributed by atoms with Crippen molar-refractivity contribution in [3.8, 4) is 0 Å². The van der Waals surface area contributed by atoms with Crippen LogP contribution in [0.2, 0.25) is 0 Å². The van der Waals surface area contributed by atoms with E-state index in [9.17, 15) is 13.9 Å². The van der Waals surface area contributed by atoms with E-state index in [0.717, 1.165) is 25.9 Å². The zero-order chi connectivity index (χ0) is 15.6. The summed E-state index contributed by atoms with van der Waals surface area (Å²) >= 11 is 3.07. The molecule has 0 amide bonds. The highest BCUT2D eigenvalue weighted by Crippen LogP contribution is 2.39. The maximum Gasteiger partial charge on any atom is 0.146 e. The van der Waals surface area contributed by atoms with Crippen molar-refractivity contribution < 1.29 is 13.9 Å². The second-order valence-corrected chi connectivity index (χ2v) is 6.77. The van der Waals surface area contributed by atoms with Crippen LogP contribution >= 0.6 is 15.9 Å². The molecule has 2 rings (SSSR count). The Bertz CT molecular complexity index is 505. The van der Waals surface area contributed by atoms with Crippen LogP contribution in [0.1, 0.15) is 51.2 Å². The molecule has 0 bridgehead atoms. The number of piperidine rings is 1. The molecule has 1 N–H and O–H groups in total. The first kappa shape index (κ1) is 16.8. The first-order chi connectivity index (χ1) is 9.91. The van der Waals surface area contributed by atoms with Crippen molar-refractivity contribution in [1.29, 1.82) is 0 Å². The summed E-state index contributed by atoms with van der Waals surface area (Å²) in [7, 11) is 0. The van der Waals surface area contributed by atoms with Crippen molar-refractivity contribution in [1.82, 2.24) is 4.90 Å². The summed E-state index contributed by atoms with van der Waals surface area (Å²) in [5.41, 5.74) is -0.901. The van der Waals surface area contributed by atoms with Crippen LogP contribution in [-0.2, 0) is 0 Å². The van der Waals surface area contributed by atoms with Crippen LogP contribution in [-0.4, -0.2) is 28.6 Å². The molecule has 1 aromatic rings. The quantitative estimate of drug-likeness (QED) is 0.802. The molecule has 118 valence electrons. The van der Waals surface area contributed by atoms with Crippen LogP contribution in [0.3, 0.4) is 0 Å². The van der Waals surface area contributed by atoms with Gasteiger partial charge in [-0.3, -0.25) is 4.90 Å². The molecule has 1 heterocycles. The van der Waals surface area contributed by atoms with Gasteiger partial charge in [-0.2, -0.15) is 0 Å². The van der Waals surface area contributed by atoms with Crippen molar-refractivity contribution in [3.63, 3.8) is 0 Å². The van der Waals surface area contributed by atoms with Crippen LogP contribution in [0.5, 0.6) is 0 Å². The Morgan fingerprint density at radius 2 is 1.90 bits per heavy atom. The highest BCUT2D eigenvalue weighted by atomic mass is 79.9. The van der Waals surface area contributed by atoms with Gasteiger partial charge in [0.2, 0.25) is 0 Å². The van der Waals surface area contributed by atoms with Crippen molar-refractivity contribution >= 4 is 15.9 Å². The van der Waals surface area contributed by atoms with Gasteiger partial charge in [0.05, 0.1) is 10.0 Å². The fourth-order valence-electron chi connectivity index (χ4n) is 3.10. The second-order valence-electron chi connectivity index (χ2n) is 5.92. The van der Waals surface area contributed by atoms with E-state index in [4.69, 9.17) is 0 Å². The lowest BCUT2D eigenvalue weighted by atomic mass is 9.83. The van der Waals surface area contributed by atoms with Gasteiger partial charge in [-0.25, -0.2) is 8.78 Å². The monoisotopic (exact) mass is 361 g/mol. The predicted octanol–water partition coefficient (Wildman–Crippen LogP) is 4.42. The third kappa shape index (κ3) is 3.15. The highest BCUT2D eigenvalue weighted by Gasteiger charge is 2.41. The average molecular weight is 362 g/mol. The molecule has 1 aliphatic rings. The lowest BCUT2D eigenvalue weighted by Crippen LogP contribution is -2.52. The summed E-state index contributed by atoms with van der Waals surface area (Å²) in [5.74, 6) is -1.40. The molecule has 2 unspecified atom stereocenters. The van der Waals surface area contributed by atoms with Gasteiger partial charge in [0, 0.05) is 5.54 Å². The highest BCUT2D eigenvalue weighted by molar-refractivity contribution is 9.10. The lowest BCUT2D eigenvalue weighted by molar-refractivity contribution is -0.0384. The van der Waals surface area contributed by atoms with Crippen LogP contribution in [0.15, 0.2) is 16.6 Å². The molecule has 5 heteroatoms. The zero-order valence-corrected chi connectivity index (χ0v) is 14.1. The van der Waals surface area contributed by atoms with E-state index in [-0.39, 0.29) is 10.0 Å². The van der Waals surface area contributed by atoms with Gasteiger partial charge >= 0.3 is 0 Å². The Morgan fingerprint density at radius 3 is 2.48 bits per heavy atom. The molecule has 21 heavy (non-hydrogen) atoms. The molecule has 0 aliphatic carbocycles. The Balaban J connectivity index is 2.40. The van der Waals surface area contributed by atoms with E-state index in [1.165, 1.54) is 18.6 Å². The number of aliphatic hydroxyl groups excluding tert-OH is 1. The summed E-state index contributed by atoms with van der Waals surface area (Å²) in [6.45, 7) is 5.56. The normalized spacial score (nSPS) is 21.0. The van der Waals surface area contributed by atoms with Crippen LogP contribution in [0.25, 0.3) is 0 Å². The lowest BCUT2D eigenvalue weighted by Gasteiger charge is -2.46. The number of halogens is 3. The predicted molar refractivity (Wildman–Crippen MR) is 83.1 cm³/mol. The molecule has 2 atom stereocenters. The zero-order valence-electron chi connectivity index (χ0n) is 12.5. The van der Waals surface area contributed by atoms with E-state index in [2.05, 4.69) is 20.8 Å². The maximum atomic E-state index is 14.3. The number of hydrogen-bond donors (Lipinski definition) is 1. The largest absolute Gasteiger partial charge is 0.386 e. The van der Waals surface area contributed by atoms with Crippen LogP contribution in [0, 0.1) is 11.6 Å². The van der Waals surface area contributed by atoms with Gasteiger partial charge in [-0.05, 0) is 67.3 Å². The molecular formula is C16H22BrF2NO.